The maximum atomic E-state index is 14.6. The number of nitrogens with zero attached hydrogens (tertiary/aromatic N) is 2. The van der Waals surface area contributed by atoms with Crippen LogP contribution >= 0.6 is 11.6 Å². The number of nitrogens with one attached hydrogen (secondary N) is 2. The van der Waals surface area contributed by atoms with Gasteiger partial charge in [0, 0.05) is 30.9 Å². The summed E-state index contributed by atoms with van der Waals surface area (Å²) >= 11 is 6.46. The van der Waals surface area contributed by atoms with Gasteiger partial charge in [-0.1, -0.05) is 69.6 Å². The Hall–Kier alpha value is -3.58. The summed E-state index contributed by atoms with van der Waals surface area (Å²) in [5.41, 5.74) is 4.76. The van der Waals surface area contributed by atoms with Crippen molar-refractivity contribution in [3.8, 4) is 11.5 Å². The predicted molar refractivity (Wildman–Crippen MR) is 187 cm³/mol. The number of hydrogen-bond donors (Lipinski definition) is 4. The van der Waals surface area contributed by atoms with Crippen LogP contribution in [0.2, 0.25) is 5.02 Å². The molecule has 1 aromatic rings. The van der Waals surface area contributed by atoms with Crippen LogP contribution in [0.5, 0.6) is 11.5 Å². The number of benzene rings is 1. The number of primary amides is 1. The lowest BCUT2D eigenvalue weighted by Gasteiger charge is -2.36. The molecule has 0 radical (unpaired) electrons. The Kier molecular flexibility index (Phi) is 11.6. The third kappa shape index (κ3) is 8.65. The summed E-state index contributed by atoms with van der Waals surface area (Å²) in [5.74, 6) is -0.695. The highest BCUT2D eigenvalue weighted by Gasteiger charge is 2.56. The number of aliphatic hydroxyl groups excluding tert-OH is 1. The fourth-order valence-electron chi connectivity index (χ4n) is 7.50. The van der Waals surface area contributed by atoms with E-state index in [-0.39, 0.29) is 37.1 Å². The molecule has 5 N–H and O–H groups in total. The first-order valence-corrected chi connectivity index (χ1v) is 18.1. The molecular formula is C36H52ClN5O8. The van der Waals surface area contributed by atoms with Gasteiger partial charge in [-0.05, 0) is 42.6 Å². The molecule has 276 valence electrons. The normalized spacial score (nSPS) is 24.2. The average molecular weight is 718 g/mol. The predicted octanol–water partition coefficient (Wildman–Crippen LogP) is 3.45. The minimum absolute atomic E-state index is 0.000136. The first-order valence-electron chi connectivity index (χ1n) is 17.7. The maximum Gasteiger partial charge on any atom is 0.248 e. The van der Waals surface area contributed by atoms with Crippen molar-refractivity contribution < 1.29 is 38.6 Å². The van der Waals surface area contributed by atoms with Gasteiger partial charge in [-0.2, -0.15) is 0 Å². The van der Waals surface area contributed by atoms with Crippen molar-refractivity contribution in [2.24, 2.45) is 28.1 Å². The van der Waals surface area contributed by atoms with Crippen LogP contribution in [-0.4, -0.2) is 89.9 Å². The van der Waals surface area contributed by atoms with Gasteiger partial charge in [0.05, 0.1) is 37.5 Å². The summed E-state index contributed by atoms with van der Waals surface area (Å²) in [4.78, 5) is 61.7. The third-order valence-corrected chi connectivity index (χ3v) is 10.8. The summed E-state index contributed by atoms with van der Waals surface area (Å²) in [7, 11) is 3.02. The number of rotatable bonds is 13. The van der Waals surface area contributed by atoms with E-state index in [0.717, 1.165) is 38.5 Å². The van der Waals surface area contributed by atoms with E-state index in [4.69, 9.17) is 31.6 Å². The summed E-state index contributed by atoms with van der Waals surface area (Å²) in [5, 5.41) is 21.2. The molecule has 2 saturated carbocycles. The van der Waals surface area contributed by atoms with Gasteiger partial charge in [-0.3, -0.25) is 19.2 Å². The zero-order valence-corrected chi connectivity index (χ0v) is 30.5. The number of oxime groups is 1. The summed E-state index contributed by atoms with van der Waals surface area (Å²) < 4.78 is 10.9. The molecule has 1 saturated heterocycles. The van der Waals surface area contributed by atoms with E-state index in [1.165, 1.54) is 25.5 Å². The molecule has 1 unspecified atom stereocenters. The highest BCUT2D eigenvalue weighted by Crippen LogP contribution is 2.43. The second-order valence-electron chi connectivity index (χ2n) is 15.6. The van der Waals surface area contributed by atoms with Gasteiger partial charge in [0.1, 0.15) is 23.6 Å². The van der Waals surface area contributed by atoms with Gasteiger partial charge in [-0.15, -0.1) is 0 Å². The number of hydrogen-bond acceptors (Lipinski definition) is 9. The first kappa shape index (κ1) is 37.7. The van der Waals surface area contributed by atoms with Gasteiger partial charge in [0.2, 0.25) is 23.6 Å². The van der Waals surface area contributed by atoms with Crippen molar-refractivity contribution in [2.45, 2.75) is 121 Å². The van der Waals surface area contributed by atoms with Gasteiger partial charge in [0.25, 0.3) is 0 Å². The largest absolute Gasteiger partial charge is 0.496 e. The van der Waals surface area contributed by atoms with E-state index >= 15 is 0 Å². The quantitative estimate of drug-likeness (QED) is 0.239. The number of methoxy groups -OCH3 is 2. The van der Waals surface area contributed by atoms with Crippen LogP contribution in [-0.2, 0) is 24.0 Å². The number of ether oxygens (including phenoxy) is 2. The lowest BCUT2D eigenvalue weighted by molar-refractivity contribution is -0.145. The molecule has 2 aliphatic carbocycles. The van der Waals surface area contributed by atoms with E-state index in [9.17, 15) is 24.3 Å². The Balaban J connectivity index is 1.42. The van der Waals surface area contributed by atoms with E-state index in [1.807, 2.05) is 20.8 Å². The van der Waals surface area contributed by atoms with Crippen LogP contribution in [0.25, 0.3) is 0 Å². The highest BCUT2D eigenvalue weighted by molar-refractivity contribution is 6.32. The molecule has 4 aliphatic rings. The van der Waals surface area contributed by atoms with Gasteiger partial charge < -0.3 is 40.7 Å². The molecule has 2 heterocycles. The van der Waals surface area contributed by atoms with Crippen LogP contribution in [0, 0.1) is 17.3 Å². The van der Waals surface area contributed by atoms with Crippen molar-refractivity contribution in [3.63, 3.8) is 0 Å². The van der Waals surface area contributed by atoms with Crippen molar-refractivity contribution in [3.05, 3.63) is 22.7 Å². The molecule has 3 fully saturated rings. The molecule has 1 aromatic carbocycles. The second-order valence-corrected chi connectivity index (χ2v) is 16.0. The number of halogens is 1. The van der Waals surface area contributed by atoms with Crippen LogP contribution < -0.4 is 25.8 Å². The Morgan fingerprint density at radius 3 is 2.34 bits per heavy atom. The van der Waals surface area contributed by atoms with E-state index < -0.39 is 53.0 Å². The van der Waals surface area contributed by atoms with Gasteiger partial charge in [0.15, 0.2) is 11.7 Å². The second kappa shape index (κ2) is 15.3. The number of carbonyl (C=O) groups excluding carboxylic acids is 4. The zero-order chi connectivity index (χ0) is 36.4. The monoisotopic (exact) mass is 717 g/mol. The average Bonchev–Trinajstić information content (AvgIpc) is 3.68. The molecule has 2 aliphatic heterocycles. The summed E-state index contributed by atoms with van der Waals surface area (Å²) in [6.07, 6.45) is 6.61. The first-order chi connectivity index (χ1) is 23.6. The minimum atomic E-state index is -1.59. The van der Waals surface area contributed by atoms with Crippen molar-refractivity contribution >= 4 is 40.9 Å². The summed E-state index contributed by atoms with van der Waals surface area (Å²) in [6.45, 7) is 5.62. The molecule has 0 aromatic heterocycles. The molecular weight excluding hydrogens is 666 g/mol. The molecule has 1 spiro atoms. The smallest absolute Gasteiger partial charge is 0.248 e. The van der Waals surface area contributed by atoms with Gasteiger partial charge in [-0.25, -0.2) is 0 Å². The molecule has 14 heteroatoms. The van der Waals surface area contributed by atoms with E-state index in [0.29, 0.717) is 40.6 Å². The lowest BCUT2D eigenvalue weighted by atomic mass is 9.84. The fraction of sp³-hybridized carbons (Fsp3) is 0.694. The Morgan fingerprint density at radius 1 is 1.06 bits per heavy atom. The Labute approximate surface area is 298 Å². The van der Waals surface area contributed by atoms with Crippen LogP contribution in [0.3, 0.4) is 0 Å². The van der Waals surface area contributed by atoms with Crippen molar-refractivity contribution in [1.29, 1.82) is 0 Å². The van der Waals surface area contributed by atoms with Crippen LogP contribution in [0.15, 0.2) is 17.3 Å². The number of aliphatic hydroxyl groups is 1. The van der Waals surface area contributed by atoms with Crippen LogP contribution in [0.1, 0.15) is 97.0 Å². The molecule has 4 amide bonds. The summed E-state index contributed by atoms with van der Waals surface area (Å²) in [6, 6.07) is 0.412. The number of amides is 4. The fourth-order valence-corrected chi connectivity index (χ4v) is 7.74. The Morgan fingerprint density at radius 2 is 1.74 bits per heavy atom. The minimum Gasteiger partial charge on any atom is -0.496 e. The zero-order valence-electron chi connectivity index (χ0n) is 29.8. The SMILES string of the molecule is COc1cc(OC)c(C2=NO[C@]3(C2)C[C@@H](C(=O)N[C@@H](CC2CC2)C(O)C(N)=O)N(C(=O)[C@@H](NC(=O)CC2CCCCC2)C(C)(C)C)C3)cc1Cl. The molecule has 0 bridgehead atoms. The van der Waals surface area contributed by atoms with Crippen molar-refractivity contribution in [1.82, 2.24) is 15.5 Å². The van der Waals surface area contributed by atoms with Crippen molar-refractivity contribution in [2.75, 3.05) is 20.8 Å². The topological polar surface area (TPSA) is 182 Å². The molecule has 13 nitrogen and oxygen atoms in total. The molecule has 50 heavy (non-hydrogen) atoms. The van der Waals surface area contributed by atoms with E-state index in [2.05, 4.69) is 15.8 Å². The Bertz CT molecular complexity index is 1490. The highest BCUT2D eigenvalue weighted by atomic mass is 35.5. The molecule has 5 atom stereocenters. The third-order valence-electron chi connectivity index (χ3n) is 10.5. The lowest BCUT2D eigenvalue weighted by Crippen LogP contribution is -2.59. The number of nitrogens with two attached hydrogens (primary N) is 1. The maximum absolute atomic E-state index is 14.6. The molecule has 5 rings (SSSR count). The van der Waals surface area contributed by atoms with Crippen LogP contribution in [0.4, 0.5) is 0 Å². The number of carbonyl (C=O) groups is 4. The van der Waals surface area contributed by atoms with Gasteiger partial charge >= 0.3 is 0 Å². The number of likely N-dealkylation sites (tertiary alicyclic amines) is 1. The van der Waals surface area contributed by atoms with E-state index in [1.54, 1.807) is 12.1 Å². The standard InChI is InChI=1S/C36H52ClN5O8/c1-35(2,3)31(40-29(43)14-20-9-7-6-8-10-20)34(47)42-19-36(17-25(41-50-36)22-15-23(37)28(49-5)16-27(22)48-4)18-26(42)33(46)39-24(13-21-11-12-21)30(44)32(38)45/h15-16,20-21,24,26,30-31,44H,6-14,17-19H2,1-5H3,(H2,38,45)(H,39,46)(H,40,43)/t24-,26-,30?,31+,36+/m0/s1.